The lowest BCUT2D eigenvalue weighted by molar-refractivity contribution is -0.116. The van der Waals surface area contributed by atoms with Gasteiger partial charge in [0.15, 0.2) is 0 Å². The Bertz CT molecular complexity index is 809. The highest BCUT2D eigenvalue weighted by molar-refractivity contribution is 5.88. The van der Waals surface area contributed by atoms with Gasteiger partial charge in [-0.25, -0.2) is 4.98 Å². The third-order valence-electron chi connectivity index (χ3n) is 2.64. The number of H-pyrrole nitrogens is 1. The van der Waals surface area contributed by atoms with E-state index in [2.05, 4.69) is 30.9 Å². The standard InChI is InChI=1S/C11H9N7O2/c19-9(13-11-14-16-17-15-11)5-18-6-12-8-4-2-1-3-7(8)10(18)20/h1-4,6H,5H2,(H2,13,14,15,16,17,19). The summed E-state index contributed by atoms with van der Waals surface area (Å²) in [5, 5.41) is 15.6. The third-order valence-corrected chi connectivity index (χ3v) is 2.64. The molecule has 0 bridgehead atoms. The molecule has 9 nitrogen and oxygen atoms in total. The lowest BCUT2D eigenvalue weighted by atomic mass is 10.2. The van der Waals surface area contributed by atoms with Crippen molar-refractivity contribution in [2.24, 2.45) is 0 Å². The molecule has 2 heterocycles. The molecule has 2 N–H and O–H groups in total. The van der Waals surface area contributed by atoms with Crippen molar-refractivity contribution in [2.75, 3.05) is 5.32 Å². The molecule has 9 heteroatoms. The van der Waals surface area contributed by atoms with Crippen LogP contribution in [-0.2, 0) is 11.3 Å². The minimum atomic E-state index is -0.439. The van der Waals surface area contributed by atoms with E-state index in [-0.39, 0.29) is 18.1 Å². The van der Waals surface area contributed by atoms with Crippen molar-refractivity contribution in [1.82, 2.24) is 30.2 Å². The van der Waals surface area contributed by atoms with Crippen LogP contribution in [0.5, 0.6) is 0 Å². The Hall–Kier alpha value is -3.10. The number of aromatic nitrogens is 6. The second-order valence-electron chi connectivity index (χ2n) is 3.98. The second kappa shape index (κ2) is 4.88. The summed E-state index contributed by atoms with van der Waals surface area (Å²) in [6.45, 7) is -0.175. The summed E-state index contributed by atoms with van der Waals surface area (Å²) in [5.41, 5.74) is 0.311. The maximum absolute atomic E-state index is 12.2. The van der Waals surface area contributed by atoms with Gasteiger partial charge in [0, 0.05) is 0 Å². The number of hydrogen-bond donors (Lipinski definition) is 2. The Morgan fingerprint density at radius 2 is 2.20 bits per heavy atom. The summed E-state index contributed by atoms with van der Waals surface area (Å²) in [7, 11) is 0. The van der Waals surface area contributed by atoms with Gasteiger partial charge in [-0.05, 0) is 17.3 Å². The molecule has 0 atom stereocenters. The minimum Gasteiger partial charge on any atom is -0.290 e. The van der Waals surface area contributed by atoms with E-state index in [1.165, 1.54) is 10.9 Å². The topological polar surface area (TPSA) is 118 Å². The monoisotopic (exact) mass is 271 g/mol. The van der Waals surface area contributed by atoms with Gasteiger partial charge in [0.1, 0.15) is 6.54 Å². The summed E-state index contributed by atoms with van der Waals surface area (Å²) in [6, 6.07) is 6.94. The van der Waals surface area contributed by atoms with Gasteiger partial charge in [-0.15, -0.1) is 5.10 Å². The molecule has 1 aromatic carbocycles. The van der Waals surface area contributed by atoms with Crippen molar-refractivity contribution in [3.63, 3.8) is 0 Å². The van der Waals surface area contributed by atoms with Gasteiger partial charge in [0.2, 0.25) is 5.91 Å². The van der Waals surface area contributed by atoms with Crippen molar-refractivity contribution in [1.29, 1.82) is 0 Å². The van der Waals surface area contributed by atoms with Gasteiger partial charge in [0.05, 0.1) is 17.2 Å². The number of carbonyl (C=O) groups excluding carboxylic acids is 1. The Labute approximate surface area is 111 Å². The Morgan fingerprint density at radius 3 is 3.00 bits per heavy atom. The van der Waals surface area contributed by atoms with E-state index >= 15 is 0 Å². The van der Waals surface area contributed by atoms with E-state index < -0.39 is 5.91 Å². The molecule has 0 saturated heterocycles. The number of amides is 1. The van der Waals surface area contributed by atoms with Crippen molar-refractivity contribution in [3.8, 4) is 0 Å². The van der Waals surface area contributed by atoms with E-state index in [0.717, 1.165) is 0 Å². The maximum atomic E-state index is 12.2. The predicted octanol–water partition coefficient (Wildman–Crippen LogP) is -0.452. The van der Waals surface area contributed by atoms with Crippen LogP contribution < -0.4 is 10.9 Å². The number of benzene rings is 1. The molecule has 20 heavy (non-hydrogen) atoms. The van der Waals surface area contributed by atoms with Crippen molar-refractivity contribution < 1.29 is 4.79 Å². The molecule has 0 aliphatic heterocycles. The number of tetrazole rings is 1. The zero-order valence-electron chi connectivity index (χ0n) is 10.1. The van der Waals surface area contributed by atoms with Crippen LogP contribution in [0.25, 0.3) is 10.9 Å². The molecule has 0 saturated carbocycles. The van der Waals surface area contributed by atoms with Crippen LogP contribution in [0, 0.1) is 0 Å². The van der Waals surface area contributed by atoms with Gasteiger partial charge in [0.25, 0.3) is 11.5 Å². The summed E-state index contributed by atoms with van der Waals surface area (Å²) in [4.78, 5) is 28.0. The maximum Gasteiger partial charge on any atom is 0.269 e. The van der Waals surface area contributed by atoms with E-state index in [1.807, 2.05) is 0 Å². The van der Waals surface area contributed by atoms with Gasteiger partial charge >= 0.3 is 0 Å². The highest BCUT2D eigenvalue weighted by Crippen LogP contribution is 2.04. The lowest BCUT2D eigenvalue weighted by Crippen LogP contribution is -2.28. The van der Waals surface area contributed by atoms with Crippen molar-refractivity contribution >= 4 is 22.8 Å². The number of hydrogen-bond acceptors (Lipinski definition) is 6. The van der Waals surface area contributed by atoms with E-state index in [1.54, 1.807) is 24.3 Å². The van der Waals surface area contributed by atoms with Gasteiger partial charge in [-0.3, -0.25) is 19.5 Å². The predicted molar refractivity (Wildman–Crippen MR) is 68.8 cm³/mol. The number of rotatable bonds is 3. The number of anilines is 1. The summed E-state index contributed by atoms with van der Waals surface area (Å²) in [6.07, 6.45) is 1.33. The molecule has 0 radical (unpaired) electrons. The third kappa shape index (κ3) is 2.23. The van der Waals surface area contributed by atoms with E-state index in [9.17, 15) is 9.59 Å². The lowest BCUT2D eigenvalue weighted by Gasteiger charge is -2.05. The van der Waals surface area contributed by atoms with Gasteiger partial charge < -0.3 is 0 Å². The molecule has 0 aliphatic carbocycles. The van der Waals surface area contributed by atoms with Crippen LogP contribution in [0.1, 0.15) is 0 Å². The molecule has 1 amide bonds. The fraction of sp³-hybridized carbons (Fsp3) is 0.0909. The molecule has 0 unspecified atom stereocenters. The zero-order valence-corrected chi connectivity index (χ0v) is 10.1. The van der Waals surface area contributed by atoms with Gasteiger partial charge in [-0.2, -0.15) is 5.21 Å². The fourth-order valence-corrected chi connectivity index (χ4v) is 1.75. The molecule has 0 spiro atoms. The average molecular weight is 271 g/mol. The number of nitrogens with zero attached hydrogens (tertiary/aromatic N) is 5. The first-order valence-corrected chi connectivity index (χ1v) is 5.71. The zero-order chi connectivity index (χ0) is 13.9. The first-order chi connectivity index (χ1) is 9.74. The SMILES string of the molecule is O=C(Cn1cnc2ccccc2c1=O)Nc1nn[nH]n1. The first kappa shape index (κ1) is 12.0. The van der Waals surface area contributed by atoms with Crippen molar-refractivity contribution in [3.05, 3.63) is 40.9 Å². The van der Waals surface area contributed by atoms with Crippen LogP contribution in [0.15, 0.2) is 35.4 Å². The second-order valence-corrected chi connectivity index (χ2v) is 3.98. The molecular formula is C11H9N7O2. The Balaban J connectivity index is 1.86. The fourth-order valence-electron chi connectivity index (χ4n) is 1.75. The molecule has 3 aromatic rings. The molecular weight excluding hydrogens is 262 g/mol. The molecule has 0 fully saturated rings. The first-order valence-electron chi connectivity index (χ1n) is 5.71. The van der Waals surface area contributed by atoms with E-state index in [4.69, 9.17) is 0 Å². The smallest absolute Gasteiger partial charge is 0.269 e. The highest BCUT2D eigenvalue weighted by Gasteiger charge is 2.09. The molecule has 100 valence electrons. The Morgan fingerprint density at radius 1 is 1.35 bits per heavy atom. The van der Waals surface area contributed by atoms with Crippen LogP contribution in [0.3, 0.4) is 0 Å². The quantitative estimate of drug-likeness (QED) is 0.666. The molecule has 3 rings (SSSR count). The number of nitrogens with one attached hydrogen (secondary N) is 2. The van der Waals surface area contributed by atoms with Gasteiger partial charge in [-0.1, -0.05) is 17.2 Å². The van der Waals surface area contributed by atoms with Crippen LogP contribution in [0.4, 0.5) is 5.95 Å². The number of aromatic amines is 1. The Kier molecular flexibility index (Phi) is 2.92. The highest BCUT2D eigenvalue weighted by atomic mass is 16.2. The largest absolute Gasteiger partial charge is 0.290 e. The average Bonchev–Trinajstić information content (AvgIpc) is 2.95. The van der Waals surface area contributed by atoms with Crippen LogP contribution >= 0.6 is 0 Å². The summed E-state index contributed by atoms with van der Waals surface area (Å²) < 4.78 is 1.22. The number of para-hydroxylation sites is 1. The number of carbonyl (C=O) groups is 1. The summed E-state index contributed by atoms with van der Waals surface area (Å²) in [5.74, 6) is -0.387. The molecule has 2 aromatic heterocycles. The van der Waals surface area contributed by atoms with Crippen LogP contribution in [0.2, 0.25) is 0 Å². The van der Waals surface area contributed by atoms with E-state index in [0.29, 0.717) is 10.9 Å². The summed E-state index contributed by atoms with van der Waals surface area (Å²) >= 11 is 0. The molecule has 0 aliphatic rings. The van der Waals surface area contributed by atoms with Crippen LogP contribution in [-0.4, -0.2) is 36.1 Å². The normalized spacial score (nSPS) is 10.6. The number of fused-ring (bicyclic) bond motifs is 1. The minimum absolute atomic E-state index is 0.0526. The van der Waals surface area contributed by atoms with Crippen molar-refractivity contribution in [2.45, 2.75) is 6.54 Å².